The van der Waals surface area contributed by atoms with E-state index in [-0.39, 0.29) is 22.8 Å². The molecular formula is C18H22N2O3. The Hall–Kier alpha value is -2.04. The molecule has 122 valence electrons. The van der Waals surface area contributed by atoms with Crippen molar-refractivity contribution in [3.8, 4) is 11.5 Å². The van der Waals surface area contributed by atoms with Gasteiger partial charge < -0.3 is 14.3 Å². The third-order valence-corrected chi connectivity index (χ3v) is 6.61. The van der Waals surface area contributed by atoms with Crippen LogP contribution >= 0.6 is 0 Å². The Bertz CT molecular complexity index is 731. The molecule has 0 aromatic carbocycles. The van der Waals surface area contributed by atoms with E-state index in [2.05, 4.69) is 31.2 Å². The topological polar surface area (TPSA) is 68.3 Å². The maximum atomic E-state index is 12.5. The average Bonchev–Trinajstić information content (AvgIpc) is 3.25. The zero-order chi connectivity index (χ0) is 16.2. The van der Waals surface area contributed by atoms with Gasteiger partial charge in [0.1, 0.15) is 0 Å². The molecule has 2 aromatic rings. The van der Waals surface area contributed by atoms with Gasteiger partial charge in [0.05, 0.1) is 6.26 Å². The number of fused-ring (bicyclic) bond motifs is 2. The summed E-state index contributed by atoms with van der Waals surface area (Å²) in [6, 6.07) is 5.39. The molecule has 2 aliphatic carbocycles. The first kappa shape index (κ1) is 14.5. The molecule has 0 spiro atoms. The minimum Gasteiger partial charge on any atom is -0.461 e. The van der Waals surface area contributed by atoms with Gasteiger partial charge in [-0.1, -0.05) is 25.9 Å². The smallest absolute Gasteiger partial charge is 0.273 e. The van der Waals surface area contributed by atoms with E-state index < -0.39 is 0 Å². The average molecular weight is 314 g/mol. The van der Waals surface area contributed by atoms with Crippen LogP contribution in [0.15, 0.2) is 33.4 Å². The molecule has 3 atom stereocenters. The number of hydrogen-bond donors (Lipinski definition) is 1. The van der Waals surface area contributed by atoms with Crippen LogP contribution < -0.4 is 5.32 Å². The number of carbonyl (C=O) groups excluding carboxylic acids is 1. The largest absolute Gasteiger partial charge is 0.461 e. The summed E-state index contributed by atoms with van der Waals surface area (Å²) < 4.78 is 10.5. The van der Waals surface area contributed by atoms with Gasteiger partial charge in [0.15, 0.2) is 11.5 Å². The third-order valence-electron chi connectivity index (χ3n) is 6.61. The number of furan rings is 1. The Balaban J connectivity index is 1.51. The van der Waals surface area contributed by atoms with Crippen LogP contribution in [0, 0.1) is 16.7 Å². The molecule has 2 heterocycles. The summed E-state index contributed by atoms with van der Waals surface area (Å²) in [7, 11) is 0. The van der Waals surface area contributed by atoms with Gasteiger partial charge in [-0.2, -0.15) is 0 Å². The number of hydrogen-bond acceptors (Lipinski definition) is 4. The molecule has 5 nitrogen and oxygen atoms in total. The fourth-order valence-electron chi connectivity index (χ4n) is 4.57. The number of aromatic nitrogens is 1. The van der Waals surface area contributed by atoms with Crippen LogP contribution in [0.1, 0.15) is 50.5 Å². The highest BCUT2D eigenvalue weighted by Gasteiger charge is 2.61. The minimum atomic E-state index is -0.166. The highest BCUT2D eigenvalue weighted by molar-refractivity contribution is 5.93. The molecule has 5 heteroatoms. The highest BCUT2D eigenvalue weighted by atomic mass is 16.5. The lowest BCUT2D eigenvalue weighted by Crippen LogP contribution is -2.46. The fourth-order valence-corrected chi connectivity index (χ4v) is 4.57. The van der Waals surface area contributed by atoms with Crippen LogP contribution in [-0.4, -0.2) is 17.1 Å². The quantitative estimate of drug-likeness (QED) is 0.933. The van der Waals surface area contributed by atoms with E-state index in [0.717, 1.165) is 6.42 Å². The summed E-state index contributed by atoms with van der Waals surface area (Å²) in [5.41, 5.74) is 0.732. The molecule has 2 bridgehead atoms. The Morgan fingerprint density at radius 1 is 1.35 bits per heavy atom. The minimum absolute atomic E-state index is 0.154. The Labute approximate surface area is 135 Å². The van der Waals surface area contributed by atoms with Crippen molar-refractivity contribution in [2.24, 2.45) is 16.7 Å². The number of nitrogens with zero attached hydrogens (tertiary/aromatic N) is 1. The van der Waals surface area contributed by atoms with Crippen molar-refractivity contribution in [1.29, 1.82) is 0 Å². The number of carbonyl (C=O) groups is 1. The molecule has 0 aliphatic heterocycles. The van der Waals surface area contributed by atoms with E-state index in [4.69, 9.17) is 8.94 Å². The van der Waals surface area contributed by atoms with E-state index >= 15 is 0 Å². The molecule has 1 N–H and O–H groups in total. The molecule has 2 aliphatic rings. The Kier molecular flexibility index (Phi) is 2.99. The number of amides is 1. The SMILES string of the molecule is CC1(C)[C@H]2CC[C@@]1(C)[C@@H](NC(=O)c1cc(-c3ccco3)on1)C2. The predicted molar refractivity (Wildman–Crippen MR) is 84.7 cm³/mol. The predicted octanol–water partition coefficient (Wildman–Crippen LogP) is 3.88. The van der Waals surface area contributed by atoms with E-state index in [0.29, 0.717) is 23.1 Å². The van der Waals surface area contributed by atoms with Crippen molar-refractivity contribution >= 4 is 5.91 Å². The van der Waals surface area contributed by atoms with Crippen molar-refractivity contribution < 1.29 is 13.7 Å². The van der Waals surface area contributed by atoms with Crippen molar-refractivity contribution in [2.45, 2.75) is 46.1 Å². The number of rotatable bonds is 3. The standard InChI is InChI=1S/C18H22N2O3/c1-17(2)11-6-7-18(17,3)15(9-11)19-16(21)12-10-14(23-20-12)13-5-4-8-22-13/h4-5,8,10-11,15H,6-7,9H2,1-3H3,(H,19,21)/t11-,15-,18-/m0/s1. The monoisotopic (exact) mass is 314 g/mol. The van der Waals surface area contributed by atoms with Crippen molar-refractivity contribution in [3.05, 3.63) is 30.2 Å². The first-order chi connectivity index (χ1) is 10.9. The van der Waals surface area contributed by atoms with Crippen molar-refractivity contribution in [1.82, 2.24) is 10.5 Å². The lowest BCUT2D eigenvalue weighted by molar-refractivity contribution is 0.0818. The molecule has 0 unspecified atom stereocenters. The molecule has 2 aromatic heterocycles. The molecule has 23 heavy (non-hydrogen) atoms. The van der Waals surface area contributed by atoms with Gasteiger partial charge >= 0.3 is 0 Å². The van der Waals surface area contributed by atoms with Crippen LogP contribution in [0.2, 0.25) is 0 Å². The van der Waals surface area contributed by atoms with Gasteiger partial charge in [-0.05, 0) is 48.1 Å². The van der Waals surface area contributed by atoms with Gasteiger partial charge in [-0.3, -0.25) is 4.79 Å². The summed E-state index contributed by atoms with van der Waals surface area (Å²) in [5.74, 6) is 1.57. The molecule has 0 saturated heterocycles. The summed E-state index contributed by atoms with van der Waals surface area (Å²) in [5, 5.41) is 7.08. The Morgan fingerprint density at radius 2 is 2.17 bits per heavy atom. The van der Waals surface area contributed by atoms with Crippen LogP contribution in [0.25, 0.3) is 11.5 Å². The second-order valence-corrected chi connectivity index (χ2v) is 7.69. The molecule has 2 saturated carbocycles. The number of nitrogens with one attached hydrogen (secondary N) is 1. The normalized spacial score (nSPS) is 31.4. The van der Waals surface area contributed by atoms with Crippen LogP contribution in [0.4, 0.5) is 0 Å². The highest BCUT2D eigenvalue weighted by Crippen LogP contribution is 2.65. The molecule has 4 rings (SSSR count). The van der Waals surface area contributed by atoms with Gasteiger partial charge in [-0.25, -0.2) is 0 Å². The molecule has 2 fully saturated rings. The van der Waals surface area contributed by atoms with Crippen molar-refractivity contribution in [3.63, 3.8) is 0 Å². The lowest BCUT2D eigenvalue weighted by Gasteiger charge is -2.39. The van der Waals surface area contributed by atoms with Gasteiger partial charge in [-0.15, -0.1) is 0 Å². The fraction of sp³-hybridized carbons (Fsp3) is 0.556. The molecular weight excluding hydrogens is 292 g/mol. The van der Waals surface area contributed by atoms with E-state index in [9.17, 15) is 4.79 Å². The van der Waals surface area contributed by atoms with Gasteiger partial charge in [0.2, 0.25) is 5.76 Å². The van der Waals surface area contributed by atoms with Crippen LogP contribution in [0.5, 0.6) is 0 Å². The lowest BCUT2D eigenvalue weighted by atomic mass is 9.69. The molecule has 0 radical (unpaired) electrons. The van der Waals surface area contributed by atoms with Gasteiger partial charge in [0.25, 0.3) is 5.91 Å². The maximum Gasteiger partial charge on any atom is 0.273 e. The summed E-state index contributed by atoms with van der Waals surface area (Å²) in [6.45, 7) is 6.98. The van der Waals surface area contributed by atoms with Crippen LogP contribution in [-0.2, 0) is 0 Å². The second kappa shape index (κ2) is 4.73. The summed E-state index contributed by atoms with van der Waals surface area (Å²) in [4.78, 5) is 12.5. The second-order valence-electron chi connectivity index (χ2n) is 7.69. The first-order valence-electron chi connectivity index (χ1n) is 8.23. The van der Waals surface area contributed by atoms with E-state index in [1.807, 2.05) is 0 Å². The maximum absolute atomic E-state index is 12.5. The molecule has 1 amide bonds. The Morgan fingerprint density at radius 3 is 2.78 bits per heavy atom. The van der Waals surface area contributed by atoms with Crippen LogP contribution in [0.3, 0.4) is 0 Å². The third kappa shape index (κ3) is 1.98. The van der Waals surface area contributed by atoms with E-state index in [1.165, 1.54) is 12.8 Å². The summed E-state index contributed by atoms with van der Waals surface area (Å²) >= 11 is 0. The first-order valence-corrected chi connectivity index (χ1v) is 8.23. The van der Waals surface area contributed by atoms with E-state index in [1.54, 1.807) is 24.5 Å². The van der Waals surface area contributed by atoms with Crippen molar-refractivity contribution in [2.75, 3.05) is 0 Å². The zero-order valence-corrected chi connectivity index (χ0v) is 13.8. The zero-order valence-electron chi connectivity index (χ0n) is 13.8. The summed E-state index contributed by atoms with van der Waals surface area (Å²) in [6.07, 6.45) is 5.06. The van der Waals surface area contributed by atoms with Gasteiger partial charge in [0, 0.05) is 12.1 Å².